The van der Waals surface area contributed by atoms with Crippen molar-refractivity contribution in [3.63, 3.8) is 0 Å². The quantitative estimate of drug-likeness (QED) is 0.356. The predicted molar refractivity (Wildman–Crippen MR) is 105 cm³/mol. The molecule has 3 aromatic carbocycles. The van der Waals surface area contributed by atoms with Gasteiger partial charge in [-0.25, -0.2) is 8.78 Å². The van der Waals surface area contributed by atoms with Crippen LogP contribution >= 0.6 is 0 Å². The van der Waals surface area contributed by atoms with Crippen molar-refractivity contribution in [2.24, 2.45) is 5.73 Å². The molecule has 31 heavy (non-hydrogen) atoms. The van der Waals surface area contributed by atoms with Gasteiger partial charge in [0.1, 0.15) is 17.4 Å². The van der Waals surface area contributed by atoms with E-state index in [1.165, 1.54) is 30.3 Å². The number of hydrogen-bond acceptors (Lipinski definition) is 3. The number of rotatable bonds is 7. The van der Waals surface area contributed by atoms with Gasteiger partial charge in [-0.2, -0.15) is 0 Å². The third-order valence-corrected chi connectivity index (χ3v) is 4.68. The largest absolute Gasteiger partial charge is 0.573 e. The van der Waals surface area contributed by atoms with Gasteiger partial charge in [0.25, 0.3) is 0 Å². The molecule has 0 spiro atoms. The molecule has 3 aromatic rings. The maximum atomic E-state index is 13.7. The van der Waals surface area contributed by atoms with E-state index < -0.39 is 35.4 Å². The molecule has 0 saturated carbocycles. The second-order valence-electron chi connectivity index (χ2n) is 6.86. The number of ketones is 1. The molecule has 0 aliphatic rings. The van der Waals surface area contributed by atoms with Crippen LogP contribution in [-0.4, -0.2) is 12.1 Å². The van der Waals surface area contributed by atoms with E-state index in [0.717, 1.165) is 17.7 Å². The lowest BCUT2D eigenvalue weighted by atomic mass is 9.96. The first-order chi connectivity index (χ1) is 14.6. The van der Waals surface area contributed by atoms with Crippen LogP contribution in [0.1, 0.15) is 34.8 Å². The van der Waals surface area contributed by atoms with Gasteiger partial charge in [0, 0.05) is 12.5 Å². The molecule has 0 aliphatic carbocycles. The minimum Gasteiger partial charge on any atom is -0.406 e. The van der Waals surface area contributed by atoms with Crippen LogP contribution in [0.4, 0.5) is 22.0 Å². The molecule has 3 nitrogen and oxygen atoms in total. The number of alkyl halides is 3. The van der Waals surface area contributed by atoms with E-state index in [4.69, 9.17) is 5.73 Å². The van der Waals surface area contributed by atoms with Crippen LogP contribution < -0.4 is 10.5 Å². The third kappa shape index (κ3) is 5.88. The number of Topliss-reactive ketones (excluding diaryl/α,β-unsaturated/α-hetero) is 1. The summed E-state index contributed by atoms with van der Waals surface area (Å²) in [4.78, 5) is 12.2. The summed E-state index contributed by atoms with van der Waals surface area (Å²) in [6.07, 6.45) is -4.68. The summed E-state index contributed by atoms with van der Waals surface area (Å²) in [5.41, 5.74) is 7.68. The van der Waals surface area contributed by atoms with E-state index >= 15 is 0 Å². The first-order valence-electron chi connectivity index (χ1n) is 9.33. The van der Waals surface area contributed by atoms with Gasteiger partial charge in [-0.3, -0.25) is 4.79 Å². The van der Waals surface area contributed by atoms with E-state index in [-0.39, 0.29) is 18.6 Å². The molecule has 0 saturated heterocycles. The van der Waals surface area contributed by atoms with Gasteiger partial charge in [-0.05, 0) is 47.4 Å². The van der Waals surface area contributed by atoms with Crippen molar-refractivity contribution >= 4 is 5.78 Å². The second-order valence-corrected chi connectivity index (χ2v) is 6.86. The van der Waals surface area contributed by atoms with Crippen molar-refractivity contribution in [3.05, 3.63) is 89.5 Å². The summed E-state index contributed by atoms with van der Waals surface area (Å²) in [7, 11) is 0. The maximum absolute atomic E-state index is 13.7. The van der Waals surface area contributed by atoms with Gasteiger partial charge in [0.15, 0.2) is 5.78 Å². The van der Waals surface area contributed by atoms with Gasteiger partial charge in [0.2, 0.25) is 0 Å². The van der Waals surface area contributed by atoms with Crippen LogP contribution in [-0.2, 0) is 0 Å². The molecule has 0 heterocycles. The van der Waals surface area contributed by atoms with Gasteiger partial charge in [-0.15, -0.1) is 13.2 Å². The lowest BCUT2D eigenvalue weighted by Gasteiger charge is -2.13. The van der Waals surface area contributed by atoms with Gasteiger partial charge >= 0.3 is 6.36 Å². The van der Waals surface area contributed by atoms with E-state index in [1.807, 2.05) is 0 Å². The molecular formula is C23H18F5NO2. The van der Waals surface area contributed by atoms with Gasteiger partial charge in [-0.1, -0.05) is 42.5 Å². The molecule has 0 fully saturated rings. The van der Waals surface area contributed by atoms with Crippen LogP contribution in [0.2, 0.25) is 0 Å². The molecule has 3 rings (SSSR count). The van der Waals surface area contributed by atoms with Gasteiger partial charge in [0.05, 0.1) is 5.56 Å². The standard InChI is InChI=1S/C23H18F5NO2/c24-18-2-1-3-19(25)22(18)21(30)13-12-20(29)16-6-4-14(5-7-16)15-8-10-17(11-9-15)31-23(26,27)28/h1-11,20H,12-13,29H2. The average molecular weight is 435 g/mol. The molecule has 2 N–H and O–H groups in total. The highest BCUT2D eigenvalue weighted by Gasteiger charge is 2.31. The Balaban J connectivity index is 1.62. The number of halogens is 5. The molecule has 0 aliphatic heterocycles. The van der Waals surface area contributed by atoms with E-state index in [1.54, 1.807) is 24.3 Å². The van der Waals surface area contributed by atoms with E-state index in [2.05, 4.69) is 4.74 Å². The molecule has 0 aromatic heterocycles. The highest BCUT2D eigenvalue weighted by molar-refractivity contribution is 5.96. The van der Waals surface area contributed by atoms with Crippen molar-refractivity contribution in [3.8, 4) is 16.9 Å². The zero-order valence-corrected chi connectivity index (χ0v) is 16.1. The topological polar surface area (TPSA) is 52.3 Å². The van der Waals surface area contributed by atoms with E-state index in [0.29, 0.717) is 11.1 Å². The summed E-state index contributed by atoms with van der Waals surface area (Å²) in [6, 6.07) is 15.1. The number of benzene rings is 3. The number of nitrogens with two attached hydrogens (primary N) is 1. The molecule has 0 amide bonds. The summed E-state index contributed by atoms with van der Waals surface area (Å²) in [6.45, 7) is 0. The molecule has 162 valence electrons. The highest BCUT2D eigenvalue weighted by atomic mass is 19.4. The number of carbonyl (C=O) groups is 1. The Morgan fingerprint density at radius 1 is 0.871 bits per heavy atom. The Morgan fingerprint density at radius 3 is 1.90 bits per heavy atom. The lowest BCUT2D eigenvalue weighted by molar-refractivity contribution is -0.274. The molecule has 0 radical (unpaired) electrons. The van der Waals surface area contributed by atoms with Crippen molar-refractivity contribution in [2.45, 2.75) is 25.2 Å². The number of carbonyl (C=O) groups excluding carboxylic acids is 1. The normalized spacial score (nSPS) is 12.5. The monoisotopic (exact) mass is 435 g/mol. The summed E-state index contributed by atoms with van der Waals surface area (Å²) >= 11 is 0. The minimum absolute atomic E-state index is 0.124. The van der Waals surface area contributed by atoms with Crippen LogP contribution in [0.15, 0.2) is 66.7 Å². The molecule has 1 atom stereocenters. The average Bonchev–Trinajstić information content (AvgIpc) is 2.71. The molecule has 0 bridgehead atoms. The highest BCUT2D eigenvalue weighted by Crippen LogP contribution is 2.28. The molecular weight excluding hydrogens is 417 g/mol. The number of ether oxygens (including phenoxy) is 1. The summed E-state index contributed by atoms with van der Waals surface area (Å²) in [5, 5.41) is 0. The Bertz CT molecular complexity index is 1030. The van der Waals surface area contributed by atoms with Crippen molar-refractivity contribution in [1.82, 2.24) is 0 Å². The van der Waals surface area contributed by atoms with Crippen LogP contribution in [0.5, 0.6) is 5.75 Å². The fraction of sp³-hybridized carbons (Fsp3) is 0.174. The van der Waals surface area contributed by atoms with Gasteiger partial charge < -0.3 is 10.5 Å². The fourth-order valence-corrected chi connectivity index (χ4v) is 3.11. The summed E-state index contributed by atoms with van der Waals surface area (Å²) in [5.74, 6) is -2.79. The SMILES string of the molecule is NC(CCC(=O)c1c(F)cccc1F)c1ccc(-c2ccc(OC(F)(F)F)cc2)cc1. The van der Waals surface area contributed by atoms with Crippen molar-refractivity contribution < 1.29 is 31.5 Å². The Hall–Kier alpha value is -3.26. The fourth-order valence-electron chi connectivity index (χ4n) is 3.11. The van der Waals surface area contributed by atoms with Crippen LogP contribution in [0, 0.1) is 11.6 Å². The zero-order valence-electron chi connectivity index (χ0n) is 16.1. The molecule has 8 heteroatoms. The molecule has 1 unspecified atom stereocenters. The van der Waals surface area contributed by atoms with Crippen LogP contribution in [0.3, 0.4) is 0 Å². The lowest BCUT2D eigenvalue weighted by Crippen LogP contribution is -2.16. The number of hydrogen-bond donors (Lipinski definition) is 1. The van der Waals surface area contributed by atoms with Crippen LogP contribution in [0.25, 0.3) is 11.1 Å². The Labute approximate surface area is 175 Å². The predicted octanol–water partition coefficient (Wildman–Crippen LogP) is 6.19. The Morgan fingerprint density at radius 2 is 1.39 bits per heavy atom. The smallest absolute Gasteiger partial charge is 0.406 e. The van der Waals surface area contributed by atoms with Crippen molar-refractivity contribution in [2.75, 3.05) is 0 Å². The third-order valence-electron chi connectivity index (χ3n) is 4.68. The second kappa shape index (κ2) is 9.26. The van der Waals surface area contributed by atoms with Crippen molar-refractivity contribution in [1.29, 1.82) is 0 Å². The minimum atomic E-state index is -4.75. The first kappa shape index (κ1) is 22.4. The Kier molecular flexibility index (Phi) is 6.70. The zero-order chi connectivity index (χ0) is 22.6. The van der Waals surface area contributed by atoms with E-state index in [9.17, 15) is 26.7 Å². The summed E-state index contributed by atoms with van der Waals surface area (Å²) < 4.78 is 68.0. The maximum Gasteiger partial charge on any atom is 0.573 e. The first-order valence-corrected chi connectivity index (χ1v) is 9.33.